The molecule has 0 aromatic heterocycles. The minimum atomic E-state index is -0.403. The summed E-state index contributed by atoms with van der Waals surface area (Å²) in [7, 11) is 0. The molecule has 1 aromatic rings. The van der Waals surface area contributed by atoms with Crippen LogP contribution in [0.2, 0.25) is 5.02 Å². The highest BCUT2D eigenvalue weighted by Gasteiger charge is 2.34. The number of rotatable bonds is 4. The fraction of sp³-hybridized carbons (Fsp3) is 0.562. The highest BCUT2D eigenvalue weighted by molar-refractivity contribution is 6.30. The molecule has 4 heteroatoms. The second kappa shape index (κ2) is 6.59. The van der Waals surface area contributed by atoms with Crippen LogP contribution in [0.4, 0.5) is 0 Å². The van der Waals surface area contributed by atoms with Gasteiger partial charge in [0.2, 0.25) is 5.91 Å². The van der Waals surface area contributed by atoms with Crippen molar-refractivity contribution in [3.63, 3.8) is 0 Å². The first-order chi connectivity index (χ1) is 9.54. The number of nitrogens with two attached hydrogens (primary N) is 1. The average Bonchev–Trinajstić information content (AvgIpc) is 2.94. The molecule has 1 heterocycles. The molecule has 1 aliphatic heterocycles. The molecule has 0 radical (unpaired) electrons. The molecular weight excluding hydrogens is 272 g/mol. The first-order valence-corrected chi connectivity index (χ1v) is 7.74. The summed E-state index contributed by atoms with van der Waals surface area (Å²) >= 11 is 6.06. The number of nitrogens with zero attached hydrogens (tertiary/aromatic N) is 1. The van der Waals surface area contributed by atoms with Crippen LogP contribution in [0, 0.1) is 5.92 Å². The number of carbonyl (C=O) groups excluding carboxylic acids is 1. The predicted octanol–water partition coefficient (Wildman–Crippen LogP) is 3.38. The third kappa shape index (κ3) is 3.15. The van der Waals surface area contributed by atoms with Gasteiger partial charge in [0.1, 0.15) is 0 Å². The molecule has 0 spiro atoms. The zero-order valence-corrected chi connectivity index (χ0v) is 12.9. The van der Waals surface area contributed by atoms with Crippen molar-refractivity contribution >= 4 is 17.5 Å². The number of amides is 1. The molecule has 2 N–H and O–H groups in total. The van der Waals surface area contributed by atoms with Crippen LogP contribution in [-0.2, 0) is 4.79 Å². The van der Waals surface area contributed by atoms with E-state index in [1.165, 1.54) is 0 Å². The van der Waals surface area contributed by atoms with Crippen LogP contribution in [0.1, 0.15) is 44.7 Å². The number of hydrogen-bond donors (Lipinski definition) is 1. The summed E-state index contributed by atoms with van der Waals surface area (Å²) in [5.74, 6) is 0.282. The summed E-state index contributed by atoms with van der Waals surface area (Å²) in [4.78, 5) is 14.5. The standard InChI is InChI=1S/C16H23ClN2O/c1-3-11(2)15(18)16(20)19-9-5-8-14(19)12-6-4-7-13(17)10-12/h4,6-7,10-11,14-15H,3,5,8-9,18H2,1-2H3/t11?,14?,15-/m0/s1. The maximum Gasteiger partial charge on any atom is 0.240 e. The third-order valence-electron chi connectivity index (χ3n) is 4.31. The third-order valence-corrected chi connectivity index (χ3v) is 4.55. The summed E-state index contributed by atoms with van der Waals surface area (Å²) in [6, 6.07) is 7.50. The topological polar surface area (TPSA) is 46.3 Å². The lowest BCUT2D eigenvalue weighted by Gasteiger charge is -2.29. The van der Waals surface area contributed by atoms with Crippen molar-refractivity contribution in [2.75, 3.05) is 6.54 Å². The Labute approximate surface area is 126 Å². The molecule has 20 heavy (non-hydrogen) atoms. The molecule has 1 amide bonds. The van der Waals surface area contributed by atoms with Crippen LogP contribution in [0.25, 0.3) is 0 Å². The second-order valence-electron chi connectivity index (χ2n) is 5.66. The van der Waals surface area contributed by atoms with Gasteiger partial charge in [-0.15, -0.1) is 0 Å². The normalized spacial score (nSPS) is 21.8. The van der Waals surface area contributed by atoms with E-state index < -0.39 is 6.04 Å². The van der Waals surface area contributed by atoms with Gasteiger partial charge in [-0.25, -0.2) is 0 Å². The van der Waals surface area contributed by atoms with Crippen molar-refractivity contribution in [3.8, 4) is 0 Å². The van der Waals surface area contributed by atoms with Crippen LogP contribution < -0.4 is 5.73 Å². The first kappa shape index (κ1) is 15.3. The first-order valence-electron chi connectivity index (χ1n) is 7.36. The van der Waals surface area contributed by atoms with E-state index in [4.69, 9.17) is 17.3 Å². The Hall–Kier alpha value is -1.06. The van der Waals surface area contributed by atoms with Gasteiger partial charge in [0, 0.05) is 11.6 Å². The number of halogens is 1. The summed E-state index contributed by atoms with van der Waals surface area (Å²) in [5, 5.41) is 0.716. The molecule has 3 nitrogen and oxygen atoms in total. The van der Waals surface area contributed by atoms with Gasteiger partial charge < -0.3 is 10.6 Å². The summed E-state index contributed by atoms with van der Waals surface area (Å²) in [6.45, 7) is 4.89. The van der Waals surface area contributed by atoms with E-state index in [0.717, 1.165) is 31.4 Å². The highest BCUT2D eigenvalue weighted by Crippen LogP contribution is 2.33. The summed E-state index contributed by atoms with van der Waals surface area (Å²) in [6.07, 6.45) is 2.93. The Morgan fingerprint density at radius 2 is 2.30 bits per heavy atom. The van der Waals surface area contributed by atoms with Gasteiger partial charge in [-0.2, -0.15) is 0 Å². The van der Waals surface area contributed by atoms with Crippen LogP contribution in [-0.4, -0.2) is 23.4 Å². The Bertz CT molecular complexity index is 477. The zero-order chi connectivity index (χ0) is 14.7. The zero-order valence-electron chi connectivity index (χ0n) is 12.2. The number of hydrogen-bond acceptors (Lipinski definition) is 2. The quantitative estimate of drug-likeness (QED) is 0.925. The van der Waals surface area contributed by atoms with Gasteiger partial charge in [-0.05, 0) is 36.5 Å². The van der Waals surface area contributed by atoms with Crippen molar-refractivity contribution in [1.29, 1.82) is 0 Å². The van der Waals surface area contributed by atoms with Crippen LogP contribution >= 0.6 is 11.6 Å². The molecular formula is C16H23ClN2O. The van der Waals surface area contributed by atoms with E-state index in [9.17, 15) is 4.79 Å². The van der Waals surface area contributed by atoms with Crippen LogP contribution in [0.5, 0.6) is 0 Å². The fourth-order valence-electron chi connectivity index (χ4n) is 2.78. The van der Waals surface area contributed by atoms with Crippen molar-refractivity contribution < 1.29 is 4.79 Å². The van der Waals surface area contributed by atoms with Crippen LogP contribution in [0.3, 0.4) is 0 Å². The van der Waals surface area contributed by atoms with Gasteiger partial charge in [-0.1, -0.05) is 44.0 Å². The van der Waals surface area contributed by atoms with Gasteiger partial charge in [0.25, 0.3) is 0 Å². The Balaban J connectivity index is 2.17. The molecule has 3 atom stereocenters. The predicted molar refractivity (Wildman–Crippen MR) is 82.6 cm³/mol. The molecule has 0 aliphatic carbocycles. The summed E-state index contributed by atoms with van der Waals surface area (Å²) in [5.41, 5.74) is 7.21. The Morgan fingerprint density at radius 3 is 2.95 bits per heavy atom. The van der Waals surface area contributed by atoms with E-state index in [-0.39, 0.29) is 17.9 Å². The smallest absolute Gasteiger partial charge is 0.240 e. The molecule has 0 bridgehead atoms. The molecule has 2 rings (SSSR count). The number of carbonyl (C=O) groups is 1. The SMILES string of the molecule is CCC(C)[C@H](N)C(=O)N1CCCC1c1cccc(Cl)c1. The molecule has 110 valence electrons. The maximum absolute atomic E-state index is 12.6. The Kier molecular flexibility index (Phi) is 5.06. The minimum absolute atomic E-state index is 0.0711. The van der Waals surface area contributed by atoms with E-state index in [1.54, 1.807) is 0 Å². The molecule has 1 fully saturated rings. The molecule has 1 saturated heterocycles. The minimum Gasteiger partial charge on any atom is -0.334 e. The molecule has 1 aromatic carbocycles. The van der Waals surface area contributed by atoms with Gasteiger partial charge >= 0.3 is 0 Å². The van der Waals surface area contributed by atoms with E-state index in [0.29, 0.717) is 5.02 Å². The highest BCUT2D eigenvalue weighted by atomic mass is 35.5. The van der Waals surface area contributed by atoms with E-state index >= 15 is 0 Å². The Morgan fingerprint density at radius 1 is 1.55 bits per heavy atom. The van der Waals surface area contributed by atoms with Crippen molar-refractivity contribution in [3.05, 3.63) is 34.9 Å². The lowest BCUT2D eigenvalue weighted by Crippen LogP contribution is -2.46. The van der Waals surface area contributed by atoms with Crippen LogP contribution in [0.15, 0.2) is 24.3 Å². The number of benzene rings is 1. The maximum atomic E-state index is 12.6. The van der Waals surface area contributed by atoms with Gasteiger partial charge in [0.05, 0.1) is 12.1 Å². The van der Waals surface area contributed by atoms with Crippen molar-refractivity contribution in [1.82, 2.24) is 4.90 Å². The van der Waals surface area contributed by atoms with E-state index in [1.807, 2.05) is 36.1 Å². The molecule has 1 aliphatic rings. The molecule has 0 saturated carbocycles. The van der Waals surface area contributed by atoms with Gasteiger partial charge in [-0.3, -0.25) is 4.79 Å². The molecule has 2 unspecified atom stereocenters. The van der Waals surface area contributed by atoms with Gasteiger partial charge in [0.15, 0.2) is 0 Å². The lowest BCUT2D eigenvalue weighted by molar-refractivity contribution is -0.134. The lowest BCUT2D eigenvalue weighted by atomic mass is 9.97. The largest absolute Gasteiger partial charge is 0.334 e. The monoisotopic (exact) mass is 294 g/mol. The summed E-state index contributed by atoms with van der Waals surface area (Å²) < 4.78 is 0. The second-order valence-corrected chi connectivity index (χ2v) is 6.09. The fourth-order valence-corrected chi connectivity index (χ4v) is 2.98. The average molecular weight is 295 g/mol. The van der Waals surface area contributed by atoms with Crippen molar-refractivity contribution in [2.24, 2.45) is 11.7 Å². The van der Waals surface area contributed by atoms with Crippen molar-refractivity contribution in [2.45, 2.75) is 45.2 Å². The van der Waals surface area contributed by atoms with E-state index in [2.05, 4.69) is 6.92 Å². The number of likely N-dealkylation sites (tertiary alicyclic amines) is 1.